The number of amides is 1. The highest BCUT2D eigenvalue weighted by molar-refractivity contribution is 5.73. The average Bonchev–Trinajstić information content (AvgIpc) is 2.97. The Kier molecular flexibility index (Phi) is 4.76. The largest absolute Gasteiger partial charge is 0.343 e. The van der Waals surface area contributed by atoms with Gasteiger partial charge in [-0.25, -0.2) is 0 Å². The van der Waals surface area contributed by atoms with Gasteiger partial charge in [0.1, 0.15) is 0 Å². The van der Waals surface area contributed by atoms with Crippen molar-refractivity contribution < 1.29 is 4.79 Å². The van der Waals surface area contributed by atoms with Crippen LogP contribution < -0.4 is 0 Å². The minimum Gasteiger partial charge on any atom is -0.343 e. The van der Waals surface area contributed by atoms with Crippen molar-refractivity contribution in [3.8, 4) is 0 Å². The summed E-state index contributed by atoms with van der Waals surface area (Å²) >= 11 is 0. The molecule has 1 aliphatic carbocycles. The molecule has 0 bridgehead atoms. The first kappa shape index (κ1) is 17.5. The number of carbonyl (C=O) groups excluding carboxylic acids is 1. The summed E-state index contributed by atoms with van der Waals surface area (Å²) in [5.74, 6) is 1.60. The zero-order valence-electron chi connectivity index (χ0n) is 16.0. The summed E-state index contributed by atoms with van der Waals surface area (Å²) in [7, 11) is 0. The molecule has 1 amide bonds. The van der Waals surface area contributed by atoms with Crippen LogP contribution in [0.15, 0.2) is 6.20 Å². The maximum Gasteiger partial charge on any atom is 0.219 e. The normalized spacial score (nSPS) is 21.4. The van der Waals surface area contributed by atoms with Crippen molar-refractivity contribution in [1.29, 1.82) is 0 Å². The fraction of sp³-hybridized carbons (Fsp3) is 0.800. The zero-order valence-corrected chi connectivity index (χ0v) is 16.0. The summed E-state index contributed by atoms with van der Waals surface area (Å²) in [6.07, 6.45) is 7.92. The minimum atomic E-state index is 0.201. The lowest BCUT2D eigenvalue weighted by Crippen LogP contribution is -2.38. The number of fused-ring (bicyclic) bond motifs is 1. The van der Waals surface area contributed by atoms with Gasteiger partial charge in [0.15, 0.2) is 0 Å². The van der Waals surface area contributed by atoms with Crippen LogP contribution in [0.4, 0.5) is 0 Å². The topological polar surface area (TPSA) is 38.1 Å². The third-order valence-electron chi connectivity index (χ3n) is 6.83. The van der Waals surface area contributed by atoms with Crippen molar-refractivity contribution in [3.05, 3.63) is 17.5 Å². The van der Waals surface area contributed by atoms with Crippen molar-refractivity contribution in [2.24, 2.45) is 17.3 Å². The van der Waals surface area contributed by atoms with E-state index in [1.807, 2.05) is 4.90 Å². The van der Waals surface area contributed by atoms with E-state index >= 15 is 0 Å². The van der Waals surface area contributed by atoms with Gasteiger partial charge in [-0.1, -0.05) is 27.7 Å². The molecule has 3 rings (SSSR count). The number of nitrogens with zero attached hydrogens (tertiary/aromatic N) is 3. The van der Waals surface area contributed by atoms with Gasteiger partial charge in [0.05, 0.1) is 11.7 Å². The SMILES string of the molecule is CC(=O)N1CCC(n2cc3c(n2)CCC(C(C)C)(C(C)C)C3)CC1. The first-order valence-corrected chi connectivity index (χ1v) is 9.66. The summed E-state index contributed by atoms with van der Waals surface area (Å²) < 4.78 is 2.22. The van der Waals surface area contributed by atoms with E-state index < -0.39 is 0 Å². The Balaban J connectivity index is 1.75. The number of likely N-dealkylation sites (tertiary alicyclic amines) is 1. The summed E-state index contributed by atoms with van der Waals surface area (Å²) in [6, 6.07) is 0.457. The van der Waals surface area contributed by atoms with Crippen molar-refractivity contribution in [2.75, 3.05) is 13.1 Å². The highest BCUT2D eigenvalue weighted by Crippen LogP contribution is 2.46. The molecule has 2 heterocycles. The summed E-state index contributed by atoms with van der Waals surface area (Å²) in [5.41, 5.74) is 3.21. The molecule has 134 valence electrons. The lowest BCUT2D eigenvalue weighted by atomic mass is 9.60. The Morgan fingerprint density at radius 2 is 1.83 bits per heavy atom. The minimum absolute atomic E-state index is 0.201. The molecule has 1 aromatic heterocycles. The van der Waals surface area contributed by atoms with Crippen LogP contribution >= 0.6 is 0 Å². The molecule has 0 N–H and O–H groups in total. The van der Waals surface area contributed by atoms with E-state index in [0.717, 1.165) is 32.4 Å². The average molecular weight is 332 g/mol. The van der Waals surface area contributed by atoms with Crippen LogP contribution in [0.3, 0.4) is 0 Å². The molecule has 4 nitrogen and oxygen atoms in total. The molecular weight excluding hydrogens is 298 g/mol. The highest BCUT2D eigenvalue weighted by Gasteiger charge is 2.41. The van der Waals surface area contributed by atoms with Crippen LogP contribution in [-0.2, 0) is 17.6 Å². The van der Waals surface area contributed by atoms with E-state index in [2.05, 4.69) is 38.6 Å². The lowest BCUT2D eigenvalue weighted by molar-refractivity contribution is -0.130. The Hall–Kier alpha value is -1.32. The molecule has 1 fully saturated rings. The van der Waals surface area contributed by atoms with E-state index in [1.165, 1.54) is 24.1 Å². The van der Waals surface area contributed by atoms with Gasteiger partial charge in [-0.05, 0) is 54.9 Å². The molecule has 0 saturated carbocycles. The Morgan fingerprint density at radius 1 is 1.21 bits per heavy atom. The molecule has 1 aromatic rings. The monoisotopic (exact) mass is 331 g/mol. The Bertz CT molecular complexity index is 586. The second-order valence-corrected chi connectivity index (χ2v) is 8.54. The fourth-order valence-corrected chi connectivity index (χ4v) is 4.90. The Morgan fingerprint density at radius 3 is 2.38 bits per heavy atom. The Labute approximate surface area is 146 Å². The third-order valence-corrected chi connectivity index (χ3v) is 6.83. The molecule has 0 aromatic carbocycles. The van der Waals surface area contributed by atoms with Crippen LogP contribution in [0.25, 0.3) is 0 Å². The number of piperidine rings is 1. The van der Waals surface area contributed by atoms with Gasteiger partial charge in [-0.2, -0.15) is 5.10 Å². The number of aromatic nitrogens is 2. The third kappa shape index (κ3) is 3.00. The quantitative estimate of drug-likeness (QED) is 0.843. The predicted molar refractivity (Wildman–Crippen MR) is 96.9 cm³/mol. The summed E-state index contributed by atoms with van der Waals surface area (Å²) in [6.45, 7) is 12.9. The molecule has 0 unspecified atom stereocenters. The molecule has 4 heteroatoms. The van der Waals surface area contributed by atoms with Gasteiger partial charge >= 0.3 is 0 Å². The van der Waals surface area contributed by atoms with Gasteiger partial charge in [0.25, 0.3) is 0 Å². The predicted octanol–water partition coefficient (Wildman–Crippen LogP) is 3.85. The molecule has 0 atom stereocenters. The van der Waals surface area contributed by atoms with E-state index in [0.29, 0.717) is 23.3 Å². The van der Waals surface area contributed by atoms with Gasteiger partial charge < -0.3 is 4.90 Å². The number of hydrogen-bond acceptors (Lipinski definition) is 2. The first-order chi connectivity index (χ1) is 11.3. The van der Waals surface area contributed by atoms with Gasteiger partial charge in [-0.15, -0.1) is 0 Å². The van der Waals surface area contributed by atoms with Crippen molar-refractivity contribution in [1.82, 2.24) is 14.7 Å². The highest BCUT2D eigenvalue weighted by atomic mass is 16.2. The number of hydrogen-bond donors (Lipinski definition) is 0. The molecule has 2 aliphatic rings. The fourth-order valence-electron chi connectivity index (χ4n) is 4.90. The molecule has 1 saturated heterocycles. The number of rotatable bonds is 3. The number of aryl methyl sites for hydroxylation is 1. The van der Waals surface area contributed by atoms with Crippen molar-refractivity contribution >= 4 is 5.91 Å². The summed E-state index contributed by atoms with van der Waals surface area (Å²) in [4.78, 5) is 13.5. The standard InChI is InChI=1S/C20H33N3O/c1-14(2)20(15(3)4)9-6-19-17(12-20)13-23(21-19)18-7-10-22(11-8-18)16(5)24/h13-15,18H,6-12H2,1-5H3. The molecule has 0 radical (unpaired) electrons. The number of carbonyl (C=O) groups is 1. The maximum absolute atomic E-state index is 11.5. The van der Waals surface area contributed by atoms with E-state index in [4.69, 9.17) is 5.10 Å². The van der Waals surface area contributed by atoms with Crippen molar-refractivity contribution in [2.45, 2.75) is 72.8 Å². The smallest absolute Gasteiger partial charge is 0.219 e. The van der Waals surface area contributed by atoms with Crippen LogP contribution in [0.1, 0.15) is 71.2 Å². The molecule has 0 spiro atoms. The first-order valence-electron chi connectivity index (χ1n) is 9.66. The van der Waals surface area contributed by atoms with Crippen LogP contribution in [0.5, 0.6) is 0 Å². The molecule has 1 aliphatic heterocycles. The van der Waals surface area contributed by atoms with Gasteiger partial charge in [0.2, 0.25) is 5.91 Å². The second-order valence-electron chi connectivity index (χ2n) is 8.54. The summed E-state index contributed by atoms with van der Waals surface area (Å²) in [5, 5.41) is 4.94. The van der Waals surface area contributed by atoms with E-state index in [9.17, 15) is 4.79 Å². The molecular formula is C20H33N3O. The maximum atomic E-state index is 11.5. The lowest BCUT2D eigenvalue weighted by Gasteiger charge is -2.44. The van der Waals surface area contributed by atoms with Crippen molar-refractivity contribution in [3.63, 3.8) is 0 Å². The van der Waals surface area contributed by atoms with Crippen LogP contribution in [-0.4, -0.2) is 33.7 Å². The van der Waals surface area contributed by atoms with Gasteiger partial charge in [-0.3, -0.25) is 9.48 Å². The van der Waals surface area contributed by atoms with Crippen LogP contribution in [0, 0.1) is 17.3 Å². The van der Waals surface area contributed by atoms with Gasteiger partial charge in [0, 0.05) is 26.2 Å². The van der Waals surface area contributed by atoms with E-state index in [1.54, 1.807) is 6.92 Å². The van der Waals surface area contributed by atoms with E-state index in [-0.39, 0.29) is 5.91 Å². The molecule has 24 heavy (non-hydrogen) atoms. The van der Waals surface area contributed by atoms with Crippen LogP contribution in [0.2, 0.25) is 0 Å². The second kappa shape index (κ2) is 6.53. The zero-order chi connectivity index (χ0) is 17.5.